The van der Waals surface area contributed by atoms with Gasteiger partial charge in [-0.15, -0.1) is 11.3 Å². The molecule has 0 saturated carbocycles. The lowest BCUT2D eigenvalue weighted by Crippen LogP contribution is -2.34. The number of carbonyl (C=O) groups excluding carboxylic acids is 1. The van der Waals surface area contributed by atoms with Gasteiger partial charge in [0.1, 0.15) is 0 Å². The van der Waals surface area contributed by atoms with Crippen LogP contribution in [0.1, 0.15) is 37.1 Å². The molecule has 2 aromatic rings. The van der Waals surface area contributed by atoms with Crippen molar-refractivity contribution in [2.75, 3.05) is 23.3 Å². The quantitative estimate of drug-likeness (QED) is 0.882. The van der Waals surface area contributed by atoms with Crippen LogP contribution in [0.5, 0.6) is 0 Å². The van der Waals surface area contributed by atoms with Crippen LogP contribution in [0.25, 0.3) is 0 Å². The topological polar surface area (TPSA) is 73.9 Å². The van der Waals surface area contributed by atoms with Gasteiger partial charge in [-0.3, -0.25) is 9.89 Å². The average Bonchev–Trinajstić information content (AvgIpc) is 3.15. The highest BCUT2D eigenvalue weighted by Gasteiger charge is 2.35. The number of hydrogen-bond acceptors (Lipinski definition) is 5. The number of nitrogens with one attached hydrogen (secondary N) is 2. The van der Waals surface area contributed by atoms with Crippen LogP contribution in [0.4, 0.5) is 24.0 Å². The van der Waals surface area contributed by atoms with Crippen molar-refractivity contribution in [1.29, 1.82) is 0 Å². The van der Waals surface area contributed by atoms with E-state index < -0.39 is 11.9 Å². The zero-order valence-electron chi connectivity index (χ0n) is 12.9. The second-order valence-corrected chi connectivity index (χ2v) is 6.51. The van der Waals surface area contributed by atoms with Crippen molar-refractivity contribution in [2.24, 2.45) is 0 Å². The van der Waals surface area contributed by atoms with Gasteiger partial charge >= 0.3 is 6.18 Å². The lowest BCUT2D eigenvalue weighted by atomic mass is 9.94. The number of aromatic amines is 1. The van der Waals surface area contributed by atoms with E-state index in [-0.39, 0.29) is 11.8 Å². The Morgan fingerprint density at radius 1 is 1.50 bits per heavy atom. The number of carbonyl (C=O) groups is 1. The van der Waals surface area contributed by atoms with E-state index in [1.165, 1.54) is 6.92 Å². The van der Waals surface area contributed by atoms with E-state index in [9.17, 15) is 18.0 Å². The third kappa shape index (κ3) is 3.53. The van der Waals surface area contributed by atoms with Crippen molar-refractivity contribution in [1.82, 2.24) is 15.2 Å². The van der Waals surface area contributed by atoms with Crippen LogP contribution in [0.3, 0.4) is 0 Å². The molecular formula is C14H16F3N5OS. The molecule has 1 fully saturated rings. The van der Waals surface area contributed by atoms with Gasteiger partial charge in [-0.25, -0.2) is 4.98 Å². The first-order valence-electron chi connectivity index (χ1n) is 7.43. The van der Waals surface area contributed by atoms with Crippen LogP contribution in [0, 0.1) is 0 Å². The average molecular weight is 359 g/mol. The van der Waals surface area contributed by atoms with E-state index in [1.54, 1.807) is 6.20 Å². The van der Waals surface area contributed by atoms with Crippen molar-refractivity contribution < 1.29 is 18.0 Å². The van der Waals surface area contributed by atoms with Crippen molar-refractivity contribution in [3.05, 3.63) is 23.0 Å². The third-order valence-electron chi connectivity index (χ3n) is 3.86. The zero-order chi connectivity index (χ0) is 17.3. The number of piperidine rings is 1. The molecule has 1 atom stereocenters. The van der Waals surface area contributed by atoms with Gasteiger partial charge in [0.2, 0.25) is 5.91 Å². The molecule has 1 unspecified atom stereocenters. The molecule has 0 radical (unpaired) electrons. The van der Waals surface area contributed by atoms with Gasteiger partial charge in [0, 0.05) is 31.3 Å². The SMILES string of the molecule is CC(=O)Nc1cn[nH]c1C1CCCN(c2nc(C(F)(F)F)cs2)C1. The maximum atomic E-state index is 12.7. The summed E-state index contributed by atoms with van der Waals surface area (Å²) in [6, 6.07) is 0. The molecule has 130 valence electrons. The first-order chi connectivity index (χ1) is 11.3. The van der Waals surface area contributed by atoms with Crippen LogP contribution < -0.4 is 10.2 Å². The summed E-state index contributed by atoms with van der Waals surface area (Å²) in [5.41, 5.74) is 0.553. The van der Waals surface area contributed by atoms with Gasteiger partial charge in [0.25, 0.3) is 0 Å². The van der Waals surface area contributed by atoms with Crippen LogP contribution in [0.15, 0.2) is 11.6 Å². The summed E-state index contributed by atoms with van der Waals surface area (Å²) < 4.78 is 38.1. The summed E-state index contributed by atoms with van der Waals surface area (Å²) in [4.78, 5) is 16.8. The Balaban J connectivity index is 1.76. The summed E-state index contributed by atoms with van der Waals surface area (Å²) in [5.74, 6) is -0.151. The summed E-state index contributed by atoms with van der Waals surface area (Å²) in [5, 5.41) is 11.0. The number of H-pyrrole nitrogens is 1. The number of amides is 1. The normalized spacial score (nSPS) is 18.7. The molecule has 1 saturated heterocycles. The Labute approximate surface area is 140 Å². The molecule has 1 aliphatic rings. The maximum Gasteiger partial charge on any atom is 0.434 e. The predicted octanol–water partition coefficient (Wildman–Crippen LogP) is 3.23. The fraction of sp³-hybridized carbons (Fsp3) is 0.500. The standard InChI is InChI=1S/C14H16F3N5OS/c1-8(23)19-10-5-18-21-12(10)9-3-2-4-22(6-9)13-20-11(7-24-13)14(15,16)17/h5,7,9H,2-4,6H2,1H3,(H,18,21)(H,19,23). The van der Waals surface area contributed by atoms with Crippen molar-refractivity contribution in [3.63, 3.8) is 0 Å². The molecule has 3 rings (SSSR count). The smallest absolute Gasteiger partial charge is 0.347 e. The molecule has 0 aromatic carbocycles. The monoisotopic (exact) mass is 359 g/mol. The van der Waals surface area contributed by atoms with Crippen LogP contribution in [0.2, 0.25) is 0 Å². The van der Waals surface area contributed by atoms with Crippen molar-refractivity contribution >= 4 is 28.1 Å². The molecule has 2 N–H and O–H groups in total. The highest BCUT2D eigenvalue weighted by Crippen LogP contribution is 2.36. The van der Waals surface area contributed by atoms with E-state index in [2.05, 4.69) is 20.5 Å². The molecular weight excluding hydrogens is 343 g/mol. The first-order valence-corrected chi connectivity index (χ1v) is 8.31. The van der Waals surface area contributed by atoms with Crippen molar-refractivity contribution in [2.45, 2.75) is 31.9 Å². The Morgan fingerprint density at radius 2 is 2.29 bits per heavy atom. The minimum atomic E-state index is -4.42. The molecule has 0 bridgehead atoms. The number of anilines is 2. The number of alkyl halides is 3. The van der Waals surface area contributed by atoms with E-state index in [4.69, 9.17) is 0 Å². The largest absolute Gasteiger partial charge is 0.434 e. The Kier molecular flexibility index (Phi) is 4.48. The number of aromatic nitrogens is 3. The minimum Gasteiger partial charge on any atom is -0.347 e. The van der Waals surface area contributed by atoms with Gasteiger partial charge < -0.3 is 10.2 Å². The summed E-state index contributed by atoms with van der Waals surface area (Å²) in [6.45, 7) is 2.60. The number of halogens is 3. The van der Waals surface area contributed by atoms with E-state index in [0.717, 1.165) is 35.3 Å². The maximum absolute atomic E-state index is 12.7. The lowest BCUT2D eigenvalue weighted by Gasteiger charge is -2.32. The predicted molar refractivity (Wildman–Crippen MR) is 84.2 cm³/mol. The number of nitrogens with zero attached hydrogens (tertiary/aromatic N) is 3. The fourth-order valence-corrected chi connectivity index (χ4v) is 3.69. The van der Waals surface area contributed by atoms with Gasteiger partial charge in [0.15, 0.2) is 10.8 Å². The second-order valence-electron chi connectivity index (χ2n) is 5.68. The van der Waals surface area contributed by atoms with Gasteiger partial charge in [-0.05, 0) is 12.8 Å². The molecule has 2 aromatic heterocycles. The first kappa shape index (κ1) is 16.7. The van der Waals surface area contributed by atoms with E-state index in [0.29, 0.717) is 23.9 Å². The van der Waals surface area contributed by atoms with Crippen LogP contribution in [-0.4, -0.2) is 34.2 Å². The van der Waals surface area contributed by atoms with Gasteiger partial charge in [0.05, 0.1) is 17.6 Å². The molecule has 3 heterocycles. The Bertz CT molecular complexity index is 726. The minimum absolute atomic E-state index is 0.0429. The fourth-order valence-electron chi connectivity index (χ4n) is 2.82. The lowest BCUT2D eigenvalue weighted by molar-refractivity contribution is -0.140. The third-order valence-corrected chi connectivity index (χ3v) is 4.76. The van der Waals surface area contributed by atoms with Gasteiger partial charge in [-0.1, -0.05) is 0 Å². The molecule has 6 nitrogen and oxygen atoms in total. The molecule has 10 heteroatoms. The van der Waals surface area contributed by atoms with Gasteiger partial charge in [-0.2, -0.15) is 18.3 Å². The van der Waals surface area contributed by atoms with Crippen LogP contribution in [-0.2, 0) is 11.0 Å². The number of rotatable bonds is 3. The molecule has 1 aliphatic heterocycles. The van der Waals surface area contributed by atoms with E-state index in [1.807, 2.05) is 4.90 Å². The Morgan fingerprint density at radius 3 is 2.96 bits per heavy atom. The van der Waals surface area contributed by atoms with E-state index >= 15 is 0 Å². The molecule has 0 aliphatic carbocycles. The summed E-state index contributed by atoms with van der Waals surface area (Å²) >= 11 is 0.996. The van der Waals surface area contributed by atoms with Crippen molar-refractivity contribution in [3.8, 4) is 0 Å². The second kappa shape index (κ2) is 6.42. The highest BCUT2D eigenvalue weighted by molar-refractivity contribution is 7.13. The zero-order valence-corrected chi connectivity index (χ0v) is 13.7. The highest BCUT2D eigenvalue weighted by atomic mass is 32.1. The summed E-state index contributed by atoms with van der Waals surface area (Å²) in [6.07, 6.45) is -1.19. The number of thiazole rings is 1. The van der Waals surface area contributed by atoms with Crippen LogP contribution >= 0.6 is 11.3 Å². The Hall–Kier alpha value is -2.10. The molecule has 1 amide bonds. The molecule has 0 spiro atoms. The molecule has 24 heavy (non-hydrogen) atoms. The summed E-state index contributed by atoms with van der Waals surface area (Å²) in [7, 11) is 0. The number of hydrogen-bond donors (Lipinski definition) is 2.